The quantitative estimate of drug-likeness (QED) is 0.737. The van der Waals surface area contributed by atoms with Gasteiger partial charge >= 0.3 is 0 Å². The van der Waals surface area contributed by atoms with Crippen LogP contribution >= 0.6 is 23.2 Å². The fourth-order valence-corrected chi connectivity index (χ4v) is 3.30. The van der Waals surface area contributed by atoms with Crippen LogP contribution in [-0.4, -0.2) is 53.8 Å². The Balaban J connectivity index is 2.08. The Morgan fingerprint density at radius 1 is 1.26 bits per heavy atom. The first-order chi connectivity index (χ1) is 12.8. The molecule has 2 aromatic rings. The lowest BCUT2D eigenvalue weighted by Gasteiger charge is -2.28. The summed E-state index contributed by atoms with van der Waals surface area (Å²) in [7, 11) is 3.74. The standard InChI is InChI=1S/C19H18Cl2N2O4/c1-22(2)7-8-23-16(11-5-6-12(20)13(21)10-11)15(18(25)19(23)26)17(24)14-4-3-9-27-14/h3-6,9-10,16,25H,7-8H2,1-2H3/t16-/m1/s1. The Hall–Kier alpha value is -2.28. The second-order valence-corrected chi connectivity index (χ2v) is 7.26. The first-order valence-corrected chi connectivity index (χ1v) is 8.98. The normalized spacial score (nSPS) is 17.3. The molecule has 2 heterocycles. The lowest BCUT2D eigenvalue weighted by molar-refractivity contribution is -0.129. The molecule has 3 rings (SSSR count). The van der Waals surface area contributed by atoms with Gasteiger partial charge in [0.25, 0.3) is 5.91 Å². The van der Waals surface area contributed by atoms with E-state index in [-0.39, 0.29) is 11.3 Å². The minimum absolute atomic E-state index is 0.0351. The van der Waals surface area contributed by atoms with Crippen molar-refractivity contribution < 1.29 is 19.1 Å². The average Bonchev–Trinajstić information content (AvgIpc) is 3.24. The topological polar surface area (TPSA) is 74.0 Å². The van der Waals surface area contributed by atoms with E-state index in [1.54, 1.807) is 24.3 Å². The van der Waals surface area contributed by atoms with Crippen LogP contribution in [0.5, 0.6) is 0 Å². The molecule has 0 radical (unpaired) electrons. The molecule has 0 unspecified atom stereocenters. The lowest BCUT2D eigenvalue weighted by Crippen LogP contribution is -2.36. The number of aliphatic hydroxyl groups is 1. The predicted octanol–water partition coefficient (Wildman–Crippen LogP) is 3.73. The number of rotatable bonds is 6. The van der Waals surface area contributed by atoms with Crippen molar-refractivity contribution in [2.24, 2.45) is 0 Å². The van der Waals surface area contributed by atoms with Gasteiger partial charge in [-0.2, -0.15) is 0 Å². The third-order valence-corrected chi connectivity index (χ3v) is 5.08. The molecule has 1 aromatic heterocycles. The zero-order chi connectivity index (χ0) is 19.7. The fourth-order valence-electron chi connectivity index (χ4n) is 2.99. The Kier molecular flexibility index (Phi) is 5.60. The third-order valence-electron chi connectivity index (χ3n) is 4.34. The highest BCUT2D eigenvalue weighted by Gasteiger charge is 2.44. The van der Waals surface area contributed by atoms with Crippen LogP contribution in [0.25, 0.3) is 0 Å². The molecule has 0 bridgehead atoms. The number of benzene rings is 1. The van der Waals surface area contributed by atoms with Crippen molar-refractivity contribution in [3.8, 4) is 0 Å². The number of hydrogen-bond acceptors (Lipinski definition) is 5. The van der Waals surface area contributed by atoms with Crippen LogP contribution in [0.15, 0.2) is 52.3 Å². The van der Waals surface area contributed by atoms with E-state index >= 15 is 0 Å². The van der Waals surface area contributed by atoms with Crippen LogP contribution in [0.4, 0.5) is 0 Å². The van der Waals surface area contributed by atoms with Gasteiger partial charge in [0.05, 0.1) is 27.9 Å². The van der Waals surface area contributed by atoms with E-state index in [0.717, 1.165) is 0 Å². The van der Waals surface area contributed by atoms with Crippen LogP contribution in [0.1, 0.15) is 22.2 Å². The molecule has 6 nitrogen and oxygen atoms in total. The van der Waals surface area contributed by atoms with Crippen molar-refractivity contribution >= 4 is 34.9 Å². The Morgan fingerprint density at radius 2 is 2.00 bits per heavy atom. The molecule has 1 amide bonds. The zero-order valence-electron chi connectivity index (χ0n) is 14.8. The first kappa shape index (κ1) is 19.5. The molecule has 1 aliphatic heterocycles. The van der Waals surface area contributed by atoms with Crippen LogP contribution in [0, 0.1) is 0 Å². The first-order valence-electron chi connectivity index (χ1n) is 8.23. The minimum Gasteiger partial charge on any atom is -0.503 e. The summed E-state index contributed by atoms with van der Waals surface area (Å²) in [5.74, 6) is -1.69. The van der Waals surface area contributed by atoms with Crippen molar-refractivity contribution in [2.75, 3.05) is 27.2 Å². The molecule has 0 saturated heterocycles. The van der Waals surface area contributed by atoms with Crippen LogP contribution in [0.3, 0.4) is 0 Å². The van der Waals surface area contributed by atoms with E-state index in [4.69, 9.17) is 27.6 Å². The summed E-state index contributed by atoms with van der Waals surface area (Å²) in [6, 6.07) is 7.14. The molecule has 0 spiro atoms. The van der Waals surface area contributed by atoms with Gasteiger partial charge in [0.2, 0.25) is 5.78 Å². The highest BCUT2D eigenvalue weighted by atomic mass is 35.5. The molecule has 1 aliphatic rings. The van der Waals surface area contributed by atoms with Gasteiger partial charge in [0.1, 0.15) is 0 Å². The summed E-state index contributed by atoms with van der Waals surface area (Å²) in [6.45, 7) is 0.870. The largest absolute Gasteiger partial charge is 0.503 e. The highest BCUT2D eigenvalue weighted by Crippen LogP contribution is 2.40. The average molecular weight is 409 g/mol. The molecule has 0 aliphatic carbocycles. The molecule has 1 N–H and O–H groups in total. The Labute approximate surface area is 166 Å². The molecule has 0 fully saturated rings. The molecule has 0 saturated carbocycles. The van der Waals surface area contributed by atoms with E-state index in [0.29, 0.717) is 28.7 Å². The fraction of sp³-hybridized carbons (Fsp3) is 0.263. The number of ketones is 1. The highest BCUT2D eigenvalue weighted by molar-refractivity contribution is 6.42. The number of Topliss-reactive ketones (excluding diaryl/α,β-unsaturated/α-hetero) is 1. The lowest BCUT2D eigenvalue weighted by atomic mass is 9.95. The van der Waals surface area contributed by atoms with Crippen molar-refractivity contribution in [1.29, 1.82) is 0 Å². The molecule has 27 heavy (non-hydrogen) atoms. The monoisotopic (exact) mass is 408 g/mol. The second kappa shape index (κ2) is 7.76. The van der Waals surface area contributed by atoms with Crippen LogP contribution in [-0.2, 0) is 4.79 Å². The van der Waals surface area contributed by atoms with E-state index < -0.39 is 23.5 Å². The number of likely N-dealkylation sites (N-methyl/N-ethyl adjacent to an activating group) is 1. The summed E-state index contributed by atoms with van der Waals surface area (Å²) >= 11 is 12.1. The van der Waals surface area contributed by atoms with Gasteiger partial charge in [-0.25, -0.2) is 0 Å². The number of furan rings is 1. The van der Waals surface area contributed by atoms with Crippen molar-refractivity contribution in [2.45, 2.75) is 6.04 Å². The molecule has 8 heteroatoms. The van der Waals surface area contributed by atoms with Crippen LogP contribution in [0.2, 0.25) is 10.0 Å². The van der Waals surface area contributed by atoms with Gasteiger partial charge in [-0.3, -0.25) is 9.59 Å². The van der Waals surface area contributed by atoms with E-state index in [1.165, 1.54) is 17.2 Å². The Bertz CT molecular complexity index is 906. The molecular formula is C19H18Cl2N2O4. The predicted molar refractivity (Wildman–Crippen MR) is 102 cm³/mol. The molecule has 142 valence electrons. The number of hydrogen-bond donors (Lipinski definition) is 1. The van der Waals surface area contributed by atoms with Gasteiger partial charge < -0.3 is 19.3 Å². The number of aliphatic hydroxyl groups excluding tert-OH is 1. The van der Waals surface area contributed by atoms with E-state index in [9.17, 15) is 14.7 Å². The second-order valence-electron chi connectivity index (χ2n) is 6.45. The third kappa shape index (κ3) is 3.74. The number of halogens is 2. The summed E-state index contributed by atoms with van der Waals surface area (Å²) < 4.78 is 5.17. The van der Waals surface area contributed by atoms with Gasteiger partial charge in [-0.05, 0) is 43.9 Å². The van der Waals surface area contributed by atoms with Crippen molar-refractivity contribution in [3.63, 3.8) is 0 Å². The summed E-state index contributed by atoms with van der Waals surface area (Å²) in [6.07, 6.45) is 1.36. The van der Waals surface area contributed by atoms with Crippen LogP contribution < -0.4 is 0 Å². The smallest absolute Gasteiger partial charge is 0.290 e. The van der Waals surface area contributed by atoms with E-state index in [1.807, 2.05) is 19.0 Å². The summed E-state index contributed by atoms with van der Waals surface area (Å²) in [5.41, 5.74) is 0.544. The molecule has 1 atom stereocenters. The maximum atomic E-state index is 12.9. The zero-order valence-corrected chi connectivity index (χ0v) is 16.3. The SMILES string of the molecule is CN(C)CCN1C(=O)C(O)=C(C(=O)c2ccco2)[C@H]1c1ccc(Cl)c(Cl)c1. The number of carbonyl (C=O) groups is 2. The summed E-state index contributed by atoms with van der Waals surface area (Å²) in [5, 5.41) is 11.1. The van der Waals surface area contributed by atoms with Gasteiger partial charge in [-0.15, -0.1) is 0 Å². The maximum absolute atomic E-state index is 12.9. The van der Waals surface area contributed by atoms with Gasteiger partial charge in [0.15, 0.2) is 11.5 Å². The van der Waals surface area contributed by atoms with E-state index in [2.05, 4.69) is 0 Å². The van der Waals surface area contributed by atoms with Crippen molar-refractivity contribution in [1.82, 2.24) is 9.80 Å². The summed E-state index contributed by atoms with van der Waals surface area (Å²) in [4.78, 5) is 29.0. The van der Waals surface area contributed by atoms with Gasteiger partial charge in [-0.1, -0.05) is 29.3 Å². The number of carbonyl (C=O) groups excluding carboxylic acids is 2. The molecular weight excluding hydrogens is 391 g/mol. The molecule has 1 aromatic carbocycles. The maximum Gasteiger partial charge on any atom is 0.290 e. The van der Waals surface area contributed by atoms with Crippen molar-refractivity contribution in [3.05, 3.63) is 69.3 Å². The van der Waals surface area contributed by atoms with Gasteiger partial charge in [0, 0.05) is 13.1 Å². The number of amides is 1. The number of nitrogens with zero attached hydrogens (tertiary/aromatic N) is 2. The Morgan fingerprint density at radius 3 is 2.59 bits per heavy atom. The minimum atomic E-state index is -0.787.